The van der Waals surface area contributed by atoms with Crippen LogP contribution < -0.4 is 11.2 Å². The number of hydrogen-bond donors (Lipinski definition) is 1. The molecule has 0 amide bonds. The van der Waals surface area contributed by atoms with Crippen molar-refractivity contribution in [2.24, 2.45) is 12.5 Å². The van der Waals surface area contributed by atoms with Gasteiger partial charge in [-0.15, -0.1) is 0 Å². The zero-order chi connectivity index (χ0) is 23.9. The lowest BCUT2D eigenvalue weighted by atomic mass is 9.90. The summed E-state index contributed by atoms with van der Waals surface area (Å²) in [6.07, 6.45) is 3.49. The molecule has 0 atom stereocenters. The van der Waals surface area contributed by atoms with Gasteiger partial charge in [-0.25, -0.2) is 19.4 Å². The fourth-order valence-corrected chi connectivity index (χ4v) is 4.03. The molecule has 3 aromatic heterocycles. The van der Waals surface area contributed by atoms with Crippen molar-refractivity contribution in [1.82, 2.24) is 33.9 Å². The summed E-state index contributed by atoms with van der Waals surface area (Å²) in [5, 5.41) is 4.77. The van der Waals surface area contributed by atoms with Crippen LogP contribution in [0.2, 0.25) is 0 Å². The lowest BCUT2D eigenvalue weighted by Gasteiger charge is -2.16. The molecule has 0 fully saturated rings. The molecule has 1 aromatic carbocycles. The van der Waals surface area contributed by atoms with Gasteiger partial charge in [0, 0.05) is 30.9 Å². The van der Waals surface area contributed by atoms with Crippen molar-refractivity contribution in [3.63, 3.8) is 0 Å². The molecule has 4 rings (SSSR count). The van der Waals surface area contributed by atoms with Crippen molar-refractivity contribution in [3.05, 3.63) is 67.0 Å². The summed E-state index contributed by atoms with van der Waals surface area (Å²) >= 11 is 3.59. The predicted molar refractivity (Wildman–Crippen MR) is 131 cm³/mol. The summed E-state index contributed by atoms with van der Waals surface area (Å²) < 4.78 is 5.39. The van der Waals surface area contributed by atoms with Gasteiger partial charge in [0.25, 0.3) is 5.56 Å². The van der Waals surface area contributed by atoms with Gasteiger partial charge < -0.3 is 4.98 Å². The summed E-state index contributed by atoms with van der Waals surface area (Å²) in [5.74, 6) is 1.45. The molecular formula is C23H28BrN7O2. The fraction of sp³-hybridized carbons (Fsp3) is 0.435. The topological polar surface area (TPSA) is 103 Å². The number of aromatic nitrogens is 7. The number of imidazole rings is 1. The van der Waals surface area contributed by atoms with Crippen molar-refractivity contribution in [2.75, 3.05) is 0 Å². The number of hydrogen-bond acceptors (Lipinski definition) is 5. The molecule has 0 spiro atoms. The van der Waals surface area contributed by atoms with Crippen LogP contribution in [-0.4, -0.2) is 33.9 Å². The summed E-state index contributed by atoms with van der Waals surface area (Å²) in [5.41, 5.74) is 2.03. The van der Waals surface area contributed by atoms with E-state index in [-0.39, 0.29) is 17.5 Å². The van der Waals surface area contributed by atoms with Gasteiger partial charge in [-0.2, -0.15) is 5.10 Å². The highest BCUT2D eigenvalue weighted by molar-refractivity contribution is 9.10. The monoisotopic (exact) mass is 513 g/mol. The molecule has 0 aliphatic carbocycles. The van der Waals surface area contributed by atoms with E-state index in [1.165, 1.54) is 15.5 Å². The van der Waals surface area contributed by atoms with E-state index in [1.807, 2.05) is 29.8 Å². The predicted octanol–water partition coefficient (Wildman–Crippen LogP) is 3.30. The average molecular weight is 514 g/mol. The molecule has 0 unspecified atom stereocenters. The van der Waals surface area contributed by atoms with E-state index in [0.29, 0.717) is 23.4 Å². The first-order valence-electron chi connectivity index (χ1n) is 10.9. The Labute approximate surface area is 199 Å². The van der Waals surface area contributed by atoms with Gasteiger partial charge in [-0.3, -0.25) is 13.9 Å². The zero-order valence-electron chi connectivity index (χ0n) is 19.5. The van der Waals surface area contributed by atoms with Crippen LogP contribution in [0.1, 0.15) is 44.4 Å². The van der Waals surface area contributed by atoms with Gasteiger partial charge in [0.1, 0.15) is 11.3 Å². The first kappa shape index (κ1) is 23.2. The van der Waals surface area contributed by atoms with Gasteiger partial charge in [0.05, 0.1) is 12.0 Å². The van der Waals surface area contributed by atoms with Crippen molar-refractivity contribution < 1.29 is 0 Å². The number of nitrogens with one attached hydrogen (secondary N) is 1. The van der Waals surface area contributed by atoms with Crippen LogP contribution in [0.15, 0.2) is 38.6 Å². The maximum Gasteiger partial charge on any atom is 0.332 e. The normalized spacial score (nSPS) is 12.1. The Kier molecular flexibility index (Phi) is 6.13. The first-order chi connectivity index (χ1) is 15.5. The third-order valence-corrected chi connectivity index (χ3v) is 6.54. The molecule has 9 nitrogen and oxygen atoms in total. The van der Waals surface area contributed by atoms with Crippen molar-refractivity contribution in [2.45, 2.75) is 53.5 Å². The zero-order valence-corrected chi connectivity index (χ0v) is 21.1. The van der Waals surface area contributed by atoms with Gasteiger partial charge in [-0.1, -0.05) is 42.8 Å². The van der Waals surface area contributed by atoms with Crippen LogP contribution >= 0.6 is 15.9 Å². The Morgan fingerprint density at radius 1 is 1.15 bits per heavy atom. The van der Waals surface area contributed by atoms with Crippen LogP contribution in [-0.2, 0) is 26.4 Å². The Hall–Kier alpha value is -3.01. The quantitative estimate of drug-likeness (QED) is 0.426. The third-order valence-electron chi connectivity index (χ3n) is 5.69. The van der Waals surface area contributed by atoms with Crippen molar-refractivity contribution >= 4 is 27.1 Å². The standard InChI is InChI=1S/C23H28BrN7O2/c1-14-6-7-15(12-16(14)24)31-18(27-17(28-31)8-10-23(2,3)4)9-11-30-21(32)19-20(26-13-25-19)29(5)22(30)33/h6-7,12-13H,8-11H2,1-5H3,(H,25,26). The third kappa shape index (κ3) is 4.71. The van der Waals surface area contributed by atoms with E-state index >= 15 is 0 Å². The van der Waals surface area contributed by atoms with E-state index in [0.717, 1.165) is 34.4 Å². The number of aryl methyl sites for hydroxylation is 4. The summed E-state index contributed by atoms with van der Waals surface area (Å²) in [4.78, 5) is 37.4. The molecule has 1 N–H and O–H groups in total. The second-order valence-corrected chi connectivity index (χ2v) is 10.4. The minimum absolute atomic E-state index is 0.164. The Balaban J connectivity index is 1.71. The average Bonchev–Trinajstić information content (AvgIpc) is 3.40. The molecule has 174 valence electrons. The van der Waals surface area contributed by atoms with Gasteiger partial charge in [0.2, 0.25) is 0 Å². The Morgan fingerprint density at radius 2 is 1.91 bits per heavy atom. The second-order valence-electron chi connectivity index (χ2n) is 9.50. The molecule has 3 heterocycles. The highest BCUT2D eigenvalue weighted by atomic mass is 79.9. The summed E-state index contributed by atoms with van der Waals surface area (Å²) in [6.45, 7) is 8.78. The number of fused-ring (bicyclic) bond motifs is 1. The number of aromatic amines is 1. The van der Waals surface area contributed by atoms with E-state index in [2.05, 4.69) is 46.7 Å². The Bertz CT molecular complexity index is 1440. The van der Waals surface area contributed by atoms with Crippen LogP contribution in [0.4, 0.5) is 0 Å². The molecule has 0 saturated heterocycles. The minimum Gasteiger partial charge on any atom is -0.339 e. The molecule has 0 aliphatic heterocycles. The van der Waals surface area contributed by atoms with E-state index < -0.39 is 5.69 Å². The molecule has 0 aliphatic rings. The second kappa shape index (κ2) is 8.74. The van der Waals surface area contributed by atoms with Gasteiger partial charge >= 0.3 is 5.69 Å². The minimum atomic E-state index is -0.406. The van der Waals surface area contributed by atoms with Crippen LogP contribution in [0, 0.1) is 12.3 Å². The lowest BCUT2D eigenvalue weighted by Crippen LogP contribution is -2.39. The molecular weight excluding hydrogens is 486 g/mol. The number of benzene rings is 1. The number of H-pyrrole nitrogens is 1. The molecule has 0 bridgehead atoms. The maximum absolute atomic E-state index is 12.9. The highest BCUT2D eigenvalue weighted by Gasteiger charge is 2.18. The van der Waals surface area contributed by atoms with Crippen LogP contribution in [0.25, 0.3) is 16.9 Å². The highest BCUT2D eigenvalue weighted by Crippen LogP contribution is 2.23. The lowest BCUT2D eigenvalue weighted by molar-refractivity contribution is 0.374. The van der Waals surface area contributed by atoms with E-state index in [1.54, 1.807) is 7.05 Å². The van der Waals surface area contributed by atoms with Gasteiger partial charge in [0.15, 0.2) is 11.5 Å². The first-order valence-corrected chi connectivity index (χ1v) is 11.7. The maximum atomic E-state index is 12.9. The summed E-state index contributed by atoms with van der Waals surface area (Å²) in [7, 11) is 1.61. The molecule has 4 aromatic rings. The van der Waals surface area contributed by atoms with Gasteiger partial charge in [-0.05, 0) is 36.5 Å². The fourth-order valence-electron chi connectivity index (χ4n) is 3.67. The molecule has 0 radical (unpaired) electrons. The van der Waals surface area contributed by atoms with Crippen molar-refractivity contribution in [1.29, 1.82) is 0 Å². The van der Waals surface area contributed by atoms with E-state index in [9.17, 15) is 9.59 Å². The van der Waals surface area contributed by atoms with Crippen molar-refractivity contribution in [3.8, 4) is 5.69 Å². The SMILES string of the molecule is Cc1ccc(-n2nc(CCC(C)(C)C)nc2CCn2c(=O)c3[nH]cnc3n(C)c2=O)cc1Br. The Morgan fingerprint density at radius 3 is 2.61 bits per heavy atom. The largest absolute Gasteiger partial charge is 0.339 e. The summed E-state index contributed by atoms with van der Waals surface area (Å²) in [6, 6.07) is 6.02. The number of halogens is 1. The molecule has 33 heavy (non-hydrogen) atoms. The van der Waals surface area contributed by atoms with E-state index in [4.69, 9.17) is 10.1 Å². The van der Waals surface area contributed by atoms with Crippen LogP contribution in [0.3, 0.4) is 0 Å². The number of rotatable bonds is 6. The number of nitrogens with zero attached hydrogens (tertiary/aromatic N) is 6. The molecule has 0 saturated carbocycles. The smallest absolute Gasteiger partial charge is 0.332 e. The van der Waals surface area contributed by atoms with Crippen LogP contribution in [0.5, 0.6) is 0 Å². The molecule has 10 heteroatoms.